The SMILES string of the molecule is CC(C)(C)OC(=O)N(CC=O)c1cccc(Cl)n1. The fourth-order valence-electron chi connectivity index (χ4n) is 1.20. The van der Waals surface area contributed by atoms with Gasteiger partial charge in [-0.1, -0.05) is 17.7 Å². The van der Waals surface area contributed by atoms with E-state index >= 15 is 0 Å². The van der Waals surface area contributed by atoms with Crippen LogP contribution in [0.25, 0.3) is 0 Å². The number of carbonyl (C=O) groups is 2. The quantitative estimate of drug-likeness (QED) is 0.626. The second-order valence-electron chi connectivity index (χ2n) is 4.58. The molecule has 98 valence electrons. The van der Waals surface area contributed by atoms with Crippen LogP contribution in [0.1, 0.15) is 20.8 Å². The third-order valence-corrected chi connectivity index (χ3v) is 2.06. The number of ether oxygens (including phenoxy) is 1. The molecule has 0 saturated heterocycles. The molecule has 6 heteroatoms. The molecule has 18 heavy (non-hydrogen) atoms. The first kappa shape index (κ1) is 14.4. The molecule has 0 bridgehead atoms. The van der Waals surface area contributed by atoms with Crippen LogP contribution in [0.2, 0.25) is 5.15 Å². The number of anilines is 1. The van der Waals surface area contributed by atoms with Crippen molar-refractivity contribution in [3.63, 3.8) is 0 Å². The highest BCUT2D eigenvalue weighted by Gasteiger charge is 2.23. The van der Waals surface area contributed by atoms with Crippen LogP contribution in [0, 0.1) is 0 Å². The van der Waals surface area contributed by atoms with Gasteiger partial charge in [0.2, 0.25) is 0 Å². The zero-order chi connectivity index (χ0) is 13.8. The Kier molecular flexibility index (Phi) is 4.67. The van der Waals surface area contributed by atoms with Gasteiger partial charge in [0.15, 0.2) is 0 Å². The van der Waals surface area contributed by atoms with E-state index in [1.165, 1.54) is 0 Å². The number of carbonyl (C=O) groups excluding carboxylic acids is 2. The van der Waals surface area contributed by atoms with E-state index in [9.17, 15) is 9.59 Å². The van der Waals surface area contributed by atoms with Gasteiger partial charge in [-0.3, -0.25) is 4.90 Å². The van der Waals surface area contributed by atoms with Gasteiger partial charge in [0, 0.05) is 0 Å². The maximum absolute atomic E-state index is 11.9. The molecule has 0 aliphatic heterocycles. The zero-order valence-electron chi connectivity index (χ0n) is 10.5. The predicted molar refractivity (Wildman–Crippen MR) is 68.9 cm³/mol. The lowest BCUT2D eigenvalue weighted by atomic mass is 10.2. The van der Waals surface area contributed by atoms with Gasteiger partial charge in [-0.15, -0.1) is 0 Å². The number of nitrogens with zero attached hydrogens (tertiary/aromatic N) is 2. The summed E-state index contributed by atoms with van der Waals surface area (Å²) in [6.45, 7) is 5.10. The average Bonchev–Trinajstić information content (AvgIpc) is 2.23. The molecule has 0 N–H and O–H groups in total. The Morgan fingerprint density at radius 1 is 1.50 bits per heavy atom. The van der Waals surface area contributed by atoms with E-state index in [2.05, 4.69) is 4.98 Å². The minimum Gasteiger partial charge on any atom is -0.443 e. The Labute approximate surface area is 111 Å². The first-order valence-electron chi connectivity index (χ1n) is 5.40. The molecule has 0 unspecified atom stereocenters. The fourth-order valence-corrected chi connectivity index (χ4v) is 1.36. The van der Waals surface area contributed by atoms with Gasteiger partial charge in [0.05, 0.1) is 6.54 Å². The van der Waals surface area contributed by atoms with E-state index in [0.29, 0.717) is 6.29 Å². The number of halogens is 1. The first-order valence-corrected chi connectivity index (χ1v) is 5.78. The Morgan fingerprint density at radius 2 is 2.17 bits per heavy atom. The maximum Gasteiger partial charge on any atom is 0.416 e. The van der Waals surface area contributed by atoms with Crippen molar-refractivity contribution < 1.29 is 14.3 Å². The number of pyridine rings is 1. The Hall–Kier alpha value is -1.62. The molecule has 0 aromatic carbocycles. The van der Waals surface area contributed by atoms with Gasteiger partial charge in [0.25, 0.3) is 0 Å². The normalized spacial score (nSPS) is 10.9. The van der Waals surface area contributed by atoms with Crippen LogP contribution in [0.4, 0.5) is 10.6 Å². The molecule has 0 saturated carbocycles. The second-order valence-corrected chi connectivity index (χ2v) is 4.96. The summed E-state index contributed by atoms with van der Waals surface area (Å²) in [5.41, 5.74) is -0.642. The highest BCUT2D eigenvalue weighted by atomic mass is 35.5. The number of rotatable bonds is 3. The van der Waals surface area contributed by atoms with E-state index in [4.69, 9.17) is 16.3 Å². The van der Waals surface area contributed by atoms with Crippen LogP contribution in [0.3, 0.4) is 0 Å². The van der Waals surface area contributed by atoms with Gasteiger partial charge >= 0.3 is 6.09 Å². The van der Waals surface area contributed by atoms with Crippen molar-refractivity contribution in [1.29, 1.82) is 0 Å². The van der Waals surface area contributed by atoms with E-state index in [-0.39, 0.29) is 17.5 Å². The lowest BCUT2D eigenvalue weighted by Crippen LogP contribution is -2.38. The minimum absolute atomic E-state index is 0.137. The van der Waals surface area contributed by atoms with Crippen LogP contribution in [0.15, 0.2) is 18.2 Å². The molecule has 1 heterocycles. The molecule has 1 rings (SSSR count). The van der Waals surface area contributed by atoms with Crippen LogP contribution in [-0.4, -0.2) is 29.5 Å². The van der Waals surface area contributed by atoms with Crippen LogP contribution < -0.4 is 4.90 Å². The van der Waals surface area contributed by atoms with Crippen molar-refractivity contribution in [2.45, 2.75) is 26.4 Å². The van der Waals surface area contributed by atoms with Gasteiger partial charge < -0.3 is 9.53 Å². The lowest BCUT2D eigenvalue weighted by Gasteiger charge is -2.25. The van der Waals surface area contributed by atoms with Crippen molar-refractivity contribution in [1.82, 2.24) is 4.98 Å². The molecule has 0 radical (unpaired) electrons. The highest BCUT2D eigenvalue weighted by Crippen LogP contribution is 2.17. The number of aldehydes is 1. The smallest absolute Gasteiger partial charge is 0.416 e. The minimum atomic E-state index is -0.642. The summed E-state index contributed by atoms with van der Waals surface area (Å²) in [5.74, 6) is 0.281. The summed E-state index contributed by atoms with van der Waals surface area (Å²) < 4.78 is 5.19. The molecular formula is C12H15ClN2O3. The highest BCUT2D eigenvalue weighted by molar-refractivity contribution is 6.29. The molecule has 1 aromatic heterocycles. The summed E-state index contributed by atoms with van der Waals surface area (Å²) >= 11 is 5.75. The lowest BCUT2D eigenvalue weighted by molar-refractivity contribution is -0.106. The Bertz CT molecular complexity index is 443. The van der Waals surface area contributed by atoms with Crippen molar-refractivity contribution in [3.05, 3.63) is 23.4 Å². The molecule has 1 aromatic rings. The van der Waals surface area contributed by atoms with Crippen LogP contribution in [-0.2, 0) is 9.53 Å². The Balaban J connectivity index is 2.95. The standard InChI is InChI=1S/C12H15ClN2O3/c1-12(2,3)18-11(17)15(7-8-16)10-6-4-5-9(13)14-10/h4-6,8H,7H2,1-3H3. The largest absolute Gasteiger partial charge is 0.443 e. The second kappa shape index (κ2) is 5.82. The molecule has 1 amide bonds. The molecule has 0 atom stereocenters. The average molecular weight is 271 g/mol. The van der Waals surface area contributed by atoms with Gasteiger partial charge in [-0.2, -0.15) is 0 Å². The van der Waals surface area contributed by atoms with Crippen molar-refractivity contribution in [2.24, 2.45) is 0 Å². The number of hydrogen-bond donors (Lipinski definition) is 0. The van der Waals surface area contributed by atoms with Gasteiger partial charge in [0.1, 0.15) is 22.9 Å². The topological polar surface area (TPSA) is 59.5 Å². The number of aromatic nitrogens is 1. The first-order chi connectivity index (χ1) is 8.33. The Morgan fingerprint density at radius 3 is 2.67 bits per heavy atom. The molecule has 0 aliphatic carbocycles. The molecule has 0 aliphatic rings. The van der Waals surface area contributed by atoms with Crippen molar-refractivity contribution in [3.8, 4) is 0 Å². The van der Waals surface area contributed by atoms with E-state index in [1.807, 2.05) is 0 Å². The third-order valence-electron chi connectivity index (χ3n) is 1.85. The zero-order valence-corrected chi connectivity index (χ0v) is 11.3. The van der Waals surface area contributed by atoms with Crippen LogP contribution >= 0.6 is 11.6 Å². The van der Waals surface area contributed by atoms with E-state index in [1.54, 1.807) is 39.0 Å². The third kappa shape index (κ3) is 4.33. The maximum atomic E-state index is 11.9. The summed E-state index contributed by atoms with van der Waals surface area (Å²) in [5, 5.41) is 0.243. The summed E-state index contributed by atoms with van der Waals surface area (Å²) in [4.78, 5) is 27.7. The van der Waals surface area contributed by atoms with Crippen molar-refractivity contribution >= 4 is 29.8 Å². The molecule has 0 spiro atoms. The van der Waals surface area contributed by atoms with Crippen LogP contribution in [0.5, 0.6) is 0 Å². The summed E-state index contributed by atoms with van der Waals surface area (Å²) in [7, 11) is 0. The molecule has 5 nitrogen and oxygen atoms in total. The fraction of sp³-hybridized carbons (Fsp3) is 0.417. The summed E-state index contributed by atoms with van der Waals surface area (Å²) in [6.07, 6.45) is -0.0312. The van der Waals surface area contributed by atoms with Gasteiger partial charge in [-0.25, -0.2) is 9.78 Å². The summed E-state index contributed by atoms with van der Waals surface area (Å²) in [6, 6.07) is 4.81. The molecular weight excluding hydrogens is 256 g/mol. The van der Waals surface area contributed by atoms with Crippen molar-refractivity contribution in [2.75, 3.05) is 11.4 Å². The molecule has 0 fully saturated rings. The number of hydrogen-bond acceptors (Lipinski definition) is 4. The number of amides is 1. The van der Waals surface area contributed by atoms with Gasteiger partial charge in [-0.05, 0) is 32.9 Å². The van der Waals surface area contributed by atoms with E-state index < -0.39 is 11.7 Å². The van der Waals surface area contributed by atoms with E-state index in [0.717, 1.165) is 4.90 Å². The monoisotopic (exact) mass is 270 g/mol. The predicted octanol–water partition coefficient (Wildman–Crippen LogP) is 2.68.